The zero-order valence-electron chi connectivity index (χ0n) is 6.27. The molecule has 0 fully saturated rings. The van der Waals surface area contributed by atoms with Gasteiger partial charge >= 0.3 is 0 Å². The van der Waals surface area contributed by atoms with Crippen molar-refractivity contribution in [2.45, 2.75) is 6.92 Å². The van der Waals surface area contributed by atoms with Crippen LogP contribution in [0.3, 0.4) is 0 Å². The van der Waals surface area contributed by atoms with E-state index in [0.717, 1.165) is 0 Å². The second-order valence-electron chi connectivity index (χ2n) is 2.34. The molecule has 1 rings (SSSR count). The van der Waals surface area contributed by atoms with E-state index in [1.165, 1.54) is 19.1 Å². The van der Waals surface area contributed by atoms with Crippen LogP contribution in [0.25, 0.3) is 0 Å². The molecular formula is C8H6BrClO2. The van der Waals surface area contributed by atoms with Crippen LogP contribution in [0.2, 0.25) is 5.02 Å². The lowest BCUT2D eigenvalue weighted by atomic mass is 10.1. The molecule has 1 aromatic rings. The van der Waals surface area contributed by atoms with Gasteiger partial charge in [-0.15, -0.1) is 0 Å². The van der Waals surface area contributed by atoms with E-state index in [-0.39, 0.29) is 17.1 Å². The monoisotopic (exact) mass is 248 g/mol. The zero-order valence-corrected chi connectivity index (χ0v) is 8.61. The molecule has 0 bridgehead atoms. The minimum atomic E-state index is -0.190. The van der Waals surface area contributed by atoms with Crippen LogP contribution in [-0.4, -0.2) is 10.9 Å². The van der Waals surface area contributed by atoms with Crippen molar-refractivity contribution < 1.29 is 9.90 Å². The molecule has 0 aliphatic rings. The number of aromatic hydroxyl groups is 1. The van der Waals surface area contributed by atoms with E-state index in [0.29, 0.717) is 9.50 Å². The minimum Gasteiger partial charge on any atom is -0.507 e. The van der Waals surface area contributed by atoms with Crippen LogP contribution >= 0.6 is 27.5 Å². The van der Waals surface area contributed by atoms with Gasteiger partial charge in [0.25, 0.3) is 0 Å². The molecule has 0 unspecified atom stereocenters. The summed E-state index contributed by atoms with van der Waals surface area (Å²) in [5, 5.41) is 9.65. The highest BCUT2D eigenvalue weighted by atomic mass is 79.9. The molecule has 0 saturated carbocycles. The molecule has 64 valence electrons. The number of hydrogen-bond acceptors (Lipinski definition) is 2. The van der Waals surface area contributed by atoms with Crippen LogP contribution in [0.15, 0.2) is 16.6 Å². The molecule has 4 heteroatoms. The van der Waals surface area contributed by atoms with Gasteiger partial charge in [0, 0.05) is 10.5 Å². The fraction of sp³-hybridized carbons (Fsp3) is 0.125. The summed E-state index contributed by atoms with van der Waals surface area (Å²) in [6.07, 6.45) is 0. The highest BCUT2D eigenvalue weighted by Gasteiger charge is 2.09. The van der Waals surface area contributed by atoms with Gasteiger partial charge in [0.15, 0.2) is 5.78 Å². The van der Waals surface area contributed by atoms with Crippen LogP contribution in [0.1, 0.15) is 17.3 Å². The Hall–Kier alpha value is -0.540. The molecule has 1 aromatic carbocycles. The van der Waals surface area contributed by atoms with Crippen molar-refractivity contribution in [2.75, 3.05) is 0 Å². The summed E-state index contributed by atoms with van der Waals surface area (Å²) < 4.78 is 0.604. The van der Waals surface area contributed by atoms with Crippen LogP contribution in [-0.2, 0) is 0 Å². The van der Waals surface area contributed by atoms with E-state index in [9.17, 15) is 9.90 Å². The first-order valence-electron chi connectivity index (χ1n) is 3.21. The molecule has 0 atom stereocenters. The van der Waals surface area contributed by atoms with Crippen LogP contribution < -0.4 is 0 Å². The number of phenolic OH excluding ortho intramolecular Hbond substituents is 1. The highest BCUT2D eigenvalue weighted by Crippen LogP contribution is 2.30. The van der Waals surface area contributed by atoms with E-state index < -0.39 is 0 Å². The van der Waals surface area contributed by atoms with E-state index >= 15 is 0 Å². The molecule has 0 heterocycles. The predicted octanol–water partition coefficient (Wildman–Crippen LogP) is 3.01. The average molecular weight is 249 g/mol. The maximum Gasteiger partial charge on any atom is 0.163 e. The van der Waals surface area contributed by atoms with Gasteiger partial charge in [-0.3, -0.25) is 4.79 Å². The average Bonchev–Trinajstić information content (AvgIpc) is 1.96. The van der Waals surface area contributed by atoms with E-state index in [1.54, 1.807) is 0 Å². The summed E-state index contributed by atoms with van der Waals surface area (Å²) in [7, 11) is 0. The second-order valence-corrected chi connectivity index (χ2v) is 3.60. The number of Topliss-reactive ketones (excluding diaryl/α,β-unsaturated/α-hetero) is 1. The number of halogens is 2. The summed E-state index contributed by atoms with van der Waals surface area (Å²) in [5.41, 5.74) is 0.270. The first kappa shape index (κ1) is 9.55. The van der Waals surface area contributed by atoms with Crippen LogP contribution in [0.4, 0.5) is 0 Å². The largest absolute Gasteiger partial charge is 0.507 e. The van der Waals surface area contributed by atoms with Crippen molar-refractivity contribution >= 4 is 33.3 Å². The second kappa shape index (κ2) is 3.46. The number of ketones is 1. The summed E-state index contributed by atoms with van der Waals surface area (Å²) in [6, 6.07) is 2.84. The Bertz CT molecular complexity index is 336. The summed E-state index contributed by atoms with van der Waals surface area (Å²) in [6.45, 7) is 1.38. The Balaban J connectivity index is 3.33. The third kappa shape index (κ3) is 1.79. The standard InChI is InChI=1S/C8H6BrClO2/c1-4(11)5-2-6(9)7(10)3-8(5)12/h2-3,12H,1H3. The van der Waals surface area contributed by atoms with E-state index in [2.05, 4.69) is 15.9 Å². The molecule has 0 spiro atoms. The fourth-order valence-corrected chi connectivity index (χ4v) is 1.32. The van der Waals surface area contributed by atoms with Gasteiger partial charge in [0.2, 0.25) is 0 Å². The summed E-state index contributed by atoms with van der Waals surface area (Å²) in [5.74, 6) is -0.277. The first-order valence-corrected chi connectivity index (χ1v) is 4.38. The SMILES string of the molecule is CC(=O)c1cc(Br)c(Cl)cc1O. The third-order valence-corrected chi connectivity index (χ3v) is 2.61. The van der Waals surface area contributed by atoms with Crippen molar-refractivity contribution in [3.63, 3.8) is 0 Å². The summed E-state index contributed by atoms with van der Waals surface area (Å²) in [4.78, 5) is 10.9. The van der Waals surface area contributed by atoms with Crippen molar-refractivity contribution in [3.05, 3.63) is 27.2 Å². The van der Waals surface area contributed by atoms with Gasteiger partial charge in [-0.1, -0.05) is 11.6 Å². The van der Waals surface area contributed by atoms with Gasteiger partial charge in [0.1, 0.15) is 5.75 Å². The quantitative estimate of drug-likeness (QED) is 0.777. The molecule has 1 N–H and O–H groups in total. The number of benzene rings is 1. The molecule has 2 nitrogen and oxygen atoms in total. The van der Waals surface area contributed by atoms with E-state index in [1.807, 2.05) is 0 Å². The normalized spacial score (nSPS) is 9.92. The van der Waals surface area contributed by atoms with Gasteiger partial charge in [0.05, 0.1) is 10.6 Å². The van der Waals surface area contributed by atoms with Crippen molar-refractivity contribution in [1.82, 2.24) is 0 Å². The molecular weight excluding hydrogens is 243 g/mol. The molecule has 0 saturated heterocycles. The Labute approximate surface area is 83.3 Å². The van der Waals surface area contributed by atoms with Crippen molar-refractivity contribution in [3.8, 4) is 5.75 Å². The zero-order chi connectivity index (χ0) is 9.30. The number of phenols is 1. The van der Waals surface area contributed by atoms with Gasteiger partial charge in [-0.2, -0.15) is 0 Å². The Morgan fingerprint density at radius 1 is 1.58 bits per heavy atom. The Morgan fingerprint density at radius 2 is 2.17 bits per heavy atom. The maximum atomic E-state index is 10.9. The molecule has 0 aromatic heterocycles. The third-order valence-electron chi connectivity index (χ3n) is 1.42. The fourth-order valence-electron chi connectivity index (χ4n) is 0.818. The molecule has 0 radical (unpaired) electrons. The molecule has 0 aliphatic heterocycles. The lowest BCUT2D eigenvalue weighted by molar-refractivity contribution is 0.101. The number of carbonyl (C=O) groups excluding carboxylic acids is 1. The number of carbonyl (C=O) groups is 1. The van der Waals surface area contributed by atoms with Crippen molar-refractivity contribution in [2.24, 2.45) is 0 Å². The van der Waals surface area contributed by atoms with Crippen molar-refractivity contribution in [1.29, 1.82) is 0 Å². The summed E-state index contributed by atoms with van der Waals surface area (Å²) >= 11 is 8.83. The molecule has 0 aliphatic carbocycles. The minimum absolute atomic E-state index is 0.0873. The van der Waals surface area contributed by atoms with Gasteiger partial charge < -0.3 is 5.11 Å². The molecule has 0 amide bonds. The number of rotatable bonds is 1. The highest BCUT2D eigenvalue weighted by molar-refractivity contribution is 9.10. The van der Waals surface area contributed by atoms with Gasteiger partial charge in [-0.25, -0.2) is 0 Å². The molecule has 12 heavy (non-hydrogen) atoms. The predicted molar refractivity (Wildman–Crippen MR) is 50.8 cm³/mol. The first-order chi connectivity index (χ1) is 5.52. The smallest absolute Gasteiger partial charge is 0.163 e. The maximum absolute atomic E-state index is 10.9. The lowest BCUT2D eigenvalue weighted by Crippen LogP contribution is -1.92. The number of hydrogen-bond donors (Lipinski definition) is 1. The Kier molecular flexibility index (Phi) is 2.75. The van der Waals surface area contributed by atoms with Crippen LogP contribution in [0, 0.1) is 0 Å². The lowest BCUT2D eigenvalue weighted by Gasteiger charge is -2.02. The van der Waals surface area contributed by atoms with Crippen LogP contribution in [0.5, 0.6) is 5.75 Å². The van der Waals surface area contributed by atoms with E-state index in [4.69, 9.17) is 11.6 Å². The Morgan fingerprint density at radius 3 is 2.67 bits per heavy atom. The topological polar surface area (TPSA) is 37.3 Å². The van der Waals surface area contributed by atoms with Gasteiger partial charge in [-0.05, 0) is 28.9 Å².